The van der Waals surface area contributed by atoms with Crippen molar-refractivity contribution in [2.45, 2.75) is 6.92 Å². The average molecular weight is 406 g/mol. The number of aryl methyl sites for hydroxylation is 1. The minimum atomic E-state index is 0.785. The number of aromatic nitrogens is 2. The van der Waals surface area contributed by atoms with Gasteiger partial charge in [0.05, 0.1) is 10.8 Å². The molecule has 0 amide bonds. The predicted molar refractivity (Wildman–Crippen MR) is 117 cm³/mol. The zero-order valence-corrected chi connectivity index (χ0v) is 16.7. The van der Waals surface area contributed by atoms with Gasteiger partial charge < -0.3 is 9.68 Å². The standard InChI is InChI=1S/C25H18N4O2/c1-16-13-14-18-9-5-12-23-24(18)28(16)29(31-23)21-15-20(17-7-3-2-4-8-17)27-25-19(21)10-6-11-22(25)30-26-27/h2-15,26H,1H3/q+2. The highest BCUT2D eigenvalue weighted by Gasteiger charge is 2.40. The number of nitrogens with zero attached hydrogens (tertiary/aromatic N) is 3. The van der Waals surface area contributed by atoms with Gasteiger partial charge in [-0.3, -0.25) is 0 Å². The number of hydrogen-bond acceptors (Lipinski definition) is 4. The van der Waals surface area contributed by atoms with Gasteiger partial charge in [-0.05, 0) is 57.4 Å². The molecule has 2 aliphatic heterocycles. The molecule has 0 spiro atoms. The lowest BCUT2D eigenvalue weighted by molar-refractivity contribution is -0.682. The molecule has 0 fully saturated rings. The van der Waals surface area contributed by atoms with Crippen molar-refractivity contribution in [1.29, 1.82) is 0 Å². The van der Waals surface area contributed by atoms with Crippen LogP contribution in [0, 0.1) is 6.92 Å². The van der Waals surface area contributed by atoms with Gasteiger partial charge >= 0.3 is 0 Å². The lowest BCUT2D eigenvalue weighted by Crippen LogP contribution is -2.55. The summed E-state index contributed by atoms with van der Waals surface area (Å²) in [5.41, 5.74) is 9.19. The van der Waals surface area contributed by atoms with E-state index in [0.717, 1.165) is 55.9 Å². The van der Waals surface area contributed by atoms with E-state index in [0.29, 0.717) is 0 Å². The maximum Gasteiger partial charge on any atom is 0.294 e. The number of rotatable bonds is 2. The molecule has 0 atom stereocenters. The first-order chi connectivity index (χ1) is 15.3. The fourth-order valence-electron chi connectivity index (χ4n) is 4.56. The summed E-state index contributed by atoms with van der Waals surface area (Å²) in [4.78, 5) is 12.2. The van der Waals surface area contributed by atoms with Crippen LogP contribution in [0.3, 0.4) is 0 Å². The van der Waals surface area contributed by atoms with Gasteiger partial charge in [-0.2, -0.15) is 0 Å². The van der Waals surface area contributed by atoms with Crippen LogP contribution in [0.4, 0.5) is 5.69 Å². The molecule has 0 saturated heterocycles. The number of para-hydroxylation sites is 2. The number of hydrogen-bond donors (Lipinski definition) is 1. The Bertz CT molecular complexity index is 1530. The quantitative estimate of drug-likeness (QED) is 0.451. The molecule has 1 N–H and O–H groups in total. The van der Waals surface area contributed by atoms with Crippen LogP contribution < -0.4 is 29.8 Å². The Morgan fingerprint density at radius 3 is 2.55 bits per heavy atom. The molecule has 31 heavy (non-hydrogen) atoms. The first-order valence-corrected chi connectivity index (χ1v) is 10.2. The Labute approximate surface area is 178 Å². The maximum atomic E-state index is 6.41. The van der Waals surface area contributed by atoms with E-state index in [-0.39, 0.29) is 0 Å². The molecule has 0 radical (unpaired) electrons. The molecule has 0 bridgehead atoms. The molecule has 0 aliphatic carbocycles. The highest BCUT2D eigenvalue weighted by Crippen LogP contribution is 2.38. The zero-order valence-electron chi connectivity index (χ0n) is 16.7. The third kappa shape index (κ3) is 2.16. The van der Waals surface area contributed by atoms with Gasteiger partial charge in [-0.25, -0.2) is 0 Å². The molecule has 4 heterocycles. The fraction of sp³-hybridized carbons (Fsp3) is 0.0400. The van der Waals surface area contributed by atoms with Crippen molar-refractivity contribution in [2.75, 3.05) is 10.8 Å². The first-order valence-electron chi connectivity index (χ1n) is 10.2. The molecular weight excluding hydrogens is 388 g/mol. The van der Waals surface area contributed by atoms with Crippen LogP contribution >= 0.6 is 0 Å². The summed E-state index contributed by atoms with van der Waals surface area (Å²) >= 11 is 0. The molecule has 5 aromatic rings. The van der Waals surface area contributed by atoms with Gasteiger partial charge in [0.15, 0.2) is 5.69 Å². The van der Waals surface area contributed by atoms with Gasteiger partial charge in [-0.15, -0.1) is 0 Å². The smallest absolute Gasteiger partial charge is 0.294 e. The minimum Gasteiger partial charge on any atom is -0.327 e. The molecule has 0 saturated carbocycles. The van der Waals surface area contributed by atoms with Crippen LogP contribution in [-0.2, 0) is 0 Å². The molecule has 3 aromatic carbocycles. The fourth-order valence-corrected chi connectivity index (χ4v) is 4.56. The normalized spacial score (nSPS) is 13.4. The van der Waals surface area contributed by atoms with E-state index in [9.17, 15) is 0 Å². The summed E-state index contributed by atoms with van der Waals surface area (Å²) in [5.74, 6) is 1.63. The average Bonchev–Trinajstić information content (AvgIpc) is 3.42. The predicted octanol–water partition coefficient (Wildman–Crippen LogP) is 3.97. The van der Waals surface area contributed by atoms with Crippen molar-refractivity contribution in [3.8, 4) is 22.8 Å². The highest BCUT2D eigenvalue weighted by molar-refractivity contribution is 5.95. The third-order valence-electron chi connectivity index (χ3n) is 5.98. The van der Waals surface area contributed by atoms with E-state index in [2.05, 4.69) is 59.7 Å². The van der Waals surface area contributed by atoms with Crippen molar-refractivity contribution >= 4 is 27.5 Å². The van der Waals surface area contributed by atoms with Crippen LogP contribution in [0.2, 0.25) is 0 Å². The molecule has 6 heteroatoms. The molecule has 6 nitrogen and oxygen atoms in total. The Morgan fingerprint density at radius 1 is 0.806 bits per heavy atom. The summed E-state index contributed by atoms with van der Waals surface area (Å²) in [6.07, 6.45) is 0. The molecular formula is C25H18N4O2+2. The molecule has 148 valence electrons. The Balaban J connectivity index is 1.57. The van der Waals surface area contributed by atoms with Crippen molar-refractivity contribution in [2.24, 2.45) is 0 Å². The van der Waals surface area contributed by atoms with Crippen LogP contribution in [0.25, 0.3) is 33.1 Å². The van der Waals surface area contributed by atoms with E-state index < -0.39 is 0 Å². The maximum absolute atomic E-state index is 6.41. The number of pyridine rings is 2. The summed E-state index contributed by atoms with van der Waals surface area (Å²) in [6, 6.07) is 28.9. The first kappa shape index (κ1) is 16.5. The van der Waals surface area contributed by atoms with Crippen LogP contribution in [0.1, 0.15) is 5.69 Å². The Morgan fingerprint density at radius 2 is 1.65 bits per heavy atom. The van der Waals surface area contributed by atoms with E-state index in [1.165, 1.54) is 0 Å². The van der Waals surface area contributed by atoms with E-state index in [1.807, 2.05) is 52.3 Å². The highest BCUT2D eigenvalue weighted by atomic mass is 16.7. The minimum absolute atomic E-state index is 0.785. The number of benzene rings is 3. The zero-order chi connectivity index (χ0) is 20.5. The molecule has 7 rings (SSSR count). The topological polar surface area (TPSA) is 41.5 Å². The second-order valence-electron chi connectivity index (χ2n) is 7.81. The van der Waals surface area contributed by atoms with Crippen molar-refractivity contribution in [3.05, 3.63) is 90.6 Å². The van der Waals surface area contributed by atoms with Crippen LogP contribution in [-0.4, -0.2) is 0 Å². The number of nitrogens with one attached hydrogen (secondary N) is 1. The Kier molecular flexibility index (Phi) is 3.11. The van der Waals surface area contributed by atoms with Crippen molar-refractivity contribution in [3.63, 3.8) is 0 Å². The SMILES string of the molecule is Cc1ccc2cccc3c2[n+]1N(c1cc(-c2ccccc2)[n+]2c4c(cccc14)ON2)O3. The lowest BCUT2D eigenvalue weighted by Gasteiger charge is -2.13. The van der Waals surface area contributed by atoms with Gasteiger partial charge in [0, 0.05) is 29.8 Å². The van der Waals surface area contributed by atoms with E-state index in [1.54, 1.807) is 0 Å². The van der Waals surface area contributed by atoms with Crippen molar-refractivity contribution < 1.29 is 19.0 Å². The largest absolute Gasteiger partial charge is 0.327 e. The number of anilines is 1. The van der Waals surface area contributed by atoms with Gasteiger partial charge in [0.2, 0.25) is 22.9 Å². The second kappa shape index (κ2) is 5.86. The third-order valence-corrected chi connectivity index (χ3v) is 5.98. The molecule has 2 aliphatic rings. The van der Waals surface area contributed by atoms with Crippen LogP contribution in [0.5, 0.6) is 11.5 Å². The van der Waals surface area contributed by atoms with E-state index in [4.69, 9.17) is 9.68 Å². The van der Waals surface area contributed by atoms with Crippen LogP contribution in [0.15, 0.2) is 84.9 Å². The van der Waals surface area contributed by atoms with Gasteiger partial charge in [0.25, 0.3) is 11.0 Å². The summed E-state index contributed by atoms with van der Waals surface area (Å²) in [5, 5.41) is 4.05. The summed E-state index contributed by atoms with van der Waals surface area (Å²) < 4.78 is 4.13. The second-order valence-corrected chi connectivity index (χ2v) is 7.81. The molecule has 2 aromatic heterocycles. The summed E-state index contributed by atoms with van der Waals surface area (Å²) in [6.45, 7) is 2.09. The van der Waals surface area contributed by atoms with Crippen molar-refractivity contribution in [1.82, 2.24) is 0 Å². The monoisotopic (exact) mass is 406 g/mol. The van der Waals surface area contributed by atoms with E-state index >= 15 is 0 Å². The van der Waals surface area contributed by atoms with Gasteiger partial charge in [0.1, 0.15) is 0 Å². The van der Waals surface area contributed by atoms with Gasteiger partial charge in [-0.1, -0.05) is 30.3 Å². The molecule has 0 unspecified atom stereocenters. The Hall–Kier alpha value is -4.32. The summed E-state index contributed by atoms with van der Waals surface area (Å²) in [7, 11) is 0. The lowest BCUT2D eigenvalue weighted by atomic mass is 10.1.